The minimum Gasteiger partial charge on any atom is -0.326 e. The summed E-state index contributed by atoms with van der Waals surface area (Å²) in [6.45, 7) is 3.62. The molecule has 0 spiro atoms. The lowest BCUT2D eigenvalue weighted by atomic mass is 9.89. The number of hydrogen-bond acceptors (Lipinski definition) is 2. The lowest BCUT2D eigenvalue weighted by molar-refractivity contribution is -0.123. The minimum absolute atomic E-state index is 0.0553. The van der Waals surface area contributed by atoms with E-state index in [0.29, 0.717) is 5.02 Å². The first-order chi connectivity index (χ1) is 7.60. The fourth-order valence-corrected chi connectivity index (χ4v) is 2.05. The van der Waals surface area contributed by atoms with Gasteiger partial charge in [-0.1, -0.05) is 17.7 Å². The Morgan fingerprint density at radius 2 is 2.38 bits per heavy atom. The Balaban J connectivity index is 2.07. The van der Waals surface area contributed by atoms with Gasteiger partial charge in [0, 0.05) is 17.3 Å². The standard InChI is InChI=1S/C12H15ClN2O/c1-12(5-6-14-8-12)11(16)15-10-4-2-3-9(13)7-10/h2-4,7,14H,5-6,8H2,1H3,(H,15,16). The van der Waals surface area contributed by atoms with Gasteiger partial charge in [-0.3, -0.25) is 4.79 Å². The van der Waals surface area contributed by atoms with E-state index in [4.69, 9.17) is 11.6 Å². The number of anilines is 1. The Labute approximate surface area is 100 Å². The summed E-state index contributed by atoms with van der Waals surface area (Å²) >= 11 is 5.86. The molecule has 2 N–H and O–H groups in total. The molecular weight excluding hydrogens is 224 g/mol. The lowest BCUT2D eigenvalue weighted by Gasteiger charge is -2.21. The van der Waals surface area contributed by atoms with Crippen molar-refractivity contribution in [3.8, 4) is 0 Å². The molecule has 0 saturated carbocycles. The lowest BCUT2D eigenvalue weighted by Crippen LogP contribution is -2.35. The molecule has 4 heteroatoms. The van der Waals surface area contributed by atoms with Crippen LogP contribution in [0.2, 0.25) is 5.02 Å². The molecule has 1 saturated heterocycles. The minimum atomic E-state index is -0.303. The van der Waals surface area contributed by atoms with E-state index in [-0.39, 0.29) is 11.3 Å². The van der Waals surface area contributed by atoms with Crippen molar-refractivity contribution in [2.75, 3.05) is 18.4 Å². The molecule has 16 heavy (non-hydrogen) atoms. The predicted molar refractivity (Wildman–Crippen MR) is 65.7 cm³/mol. The van der Waals surface area contributed by atoms with Gasteiger partial charge < -0.3 is 10.6 Å². The van der Waals surface area contributed by atoms with Crippen LogP contribution >= 0.6 is 11.6 Å². The van der Waals surface area contributed by atoms with E-state index in [2.05, 4.69) is 10.6 Å². The average Bonchev–Trinajstić information content (AvgIpc) is 2.66. The number of rotatable bonds is 2. The molecule has 0 radical (unpaired) electrons. The maximum atomic E-state index is 12.1. The average molecular weight is 239 g/mol. The van der Waals surface area contributed by atoms with Crippen molar-refractivity contribution in [2.24, 2.45) is 5.41 Å². The zero-order valence-electron chi connectivity index (χ0n) is 9.22. The number of halogens is 1. The molecule has 2 rings (SSSR count). The zero-order chi connectivity index (χ0) is 11.6. The van der Waals surface area contributed by atoms with Gasteiger partial charge in [0.05, 0.1) is 5.41 Å². The van der Waals surface area contributed by atoms with Crippen molar-refractivity contribution in [1.29, 1.82) is 0 Å². The number of benzene rings is 1. The molecule has 0 aromatic heterocycles. The van der Waals surface area contributed by atoms with Gasteiger partial charge in [-0.15, -0.1) is 0 Å². The van der Waals surface area contributed by atoms with Gasteiger partial charge in [0.15, 0.2) is 0 Å². The van der Waals surface area contributed by atoms with Gasteiger partial charge >= 0.3 is 0 Å². The van der Waals surface area contributed by atoms with Crippen LogP contribution in [0.25, 0.3) is 0 Å². The van der Waals surface area contributed by atoms with E-state index >= 15 is 0 Å². The fourth-order valence-electron chi connectivity index (χ4n) is 1.86. The van der Waals surface area contributed by atoms with Crippen LogP contribution in [0.1, 0.15) is 13.3 Å². The highest BCUT2D eigenvalue weighted by atomic mass is 35.5. The number of carbonyl (C=O) groups excluding carboxylic acids is 1. The molecule has 1 aliphatic rings. The van der Waals surface area contributed by atoms with Gasteiger partial charge in [-0.05, 0) is 38.1 Å². The van der Waals surface area contributed by atoms with E-state index in [1.165, 1.54) is 0 Å². The Bertz CT molecular complexity index is 400. The summed E-state index contributed by atoms with van der Waals surface area (Å²) < 4.78 is 0. The summed E-state index contributed by atoms with van der Waals surface area (Å²) in [4.78, 5) is 12.1. The SMILES string of the molecule is CC1(C(=O)Nc2cccc(Cl)c2)CCNC1. The summed E-state index contributed by atoms with van der Waals surface area (Å²) in [6.07, 6.45) is 0.874. The third-order valence-corrected chi connectivity index (χ3v) is 3.23. The van der Waals surface area contributed by atoms with Gasteiger partial charge in [-0.25, -0.2) is 0 Å². The number of amides is 1. The van der Waals surface area contributed by atoms with E-state index < -0.39 is 0 Å². The first-order valence-corrected chi connectivity index (χ1v) is 5.76. The quantitative estimate of drug-likeness (QED) is 0.830. The van der Waals surface area contributed by atoms with E-state index in [1.54, 1.807) is 12.1 Å². The van der Waals surface area contributed by atoms with Crippen LogP contribution in [0.3, 0.4) is 0 Å². The summed E-state index contributed by atoms with van der Waals surface area (Å²) in [5, 5.41) is 6.74. The van der Waals surface area contributed by atoms with E-state index in [1.807, 2.05) is 19.1 Å². The van der Waals surface area contributed by atoms with Crippen molar-refractivity contribution in [3.05, 3.63) is 29.3 Å². The van der Waals surface area contributed by atoms with Crippen molar-refractivity contribution in [3.63, 3.8) is 0 Å². The molecule has 1 aromatic rings. The topological polar surface area (TPSA) is 41.1 Å². The maximum absolute atomic E-state index is 12.1. The monoisotopic (exact) mass is 238 g/mol. The zero-order valence-corrected chi connectivity index (χ0v) is 9.97. The van der Waals surface area contributed by atoms with Gasteiger partial charge in [0.2, 0.25) is 5.91 Å². The van der Waals surface area contributed by atoms with Crippen LogP contribution < -0.4 is 10.6 Å². The Hall–Kier alpha value is -1.06. The smallest absolute Gasteiger partial charge is 0.231 e. The van der Waals surface area contributed by atoms with Crippen molar-refractivity contribution < 1.29 is 4.79 Å². The van der Waals surface area contributed by atoms with Gasteiger partial charge in [-0.2, -0.15) is 0 Å². The fraction of sp³-hybridized carbons (Fsp3) is 0.417. The maximum Gasteiger partial charge on any atom is 0.231 e. The Kier molecular flexibility index (Phi) is 3.17. The summed E-state index contributed by atoms with van der Waals surface area (Å²) in [5.74, 6) is 0.0553. The largest absolute Gasteiger partial charge is 0.326 e. The van der Waals surface area contributed by atoms with Gasteiger partial charge in [0.1, 0.15) is 0 Å². The molecule has 0 bridgehead atoms. The molecule has 1 atom stereocenters. The first-order valence-electron chi connectivity index (χ1n) is 5.38. The van der Waals surface area contributed by atoms with Crippen molar-refractivity contribution in [2.45, 2.75) is 13.3 Å². The van der Waals surface area contributed by atoms with Crippen LogP contribution in [-0.2, 0) is 4.79 Å². The normalized spacial score (nSPS) is 24.4. The third-order valence-electron chi connectivity index (χ3n) is 3.00. The number of hydrogen-bond donors (Lipinski definition) is 2. The molecular formula is C12H15ClN2O. The molecule has 1 aromatic carbocycles. The highest BCUT2D eigenvalue weighted by molar-refractivity contribution is 6.30. The van der Waals surface area contributed by atoms with Crippen LogP contribution in [0.5, 0.6) is 0 Å². The molecule has 1 unspecified atom stereocenters. The van der Waals surface area contributed by atoms with E-state index in [0.717, 1.165) is 25.2 Å². The highest BCUT2D eigenvalue weighted by Gasteiger charge is 2.36. The van der Waals surface area contributed by atoms with Gasteiger partial charge in [0.25, 0.3) is 0 Å². The molecule has 3 nitrogen and oxygen atoms in total. The molecule has 1 amide bonds. The second-order valence-electron chi connectivity index (χ2n) is 4.45. The highest BCUT2D eigenvalue weighted by Crippen LogP contribution is 2.26. The molecule has 0 aliphatic carbocycles. The van der Waals surface area contributed by atoms with Crippen LogP contribution in [0.15, 0.2) is 24.3 Å². The number of carbonyl (C=O) groups is 1. The van der Waals surface area contributed by atoms with Crippen molar-refractivity contribution >= 4 is 23.2 Å². The molecule has 86 valence electrons. The summed E-state index contributed by atoms with van der Waals surface area (Å²) in [6, 6.07) is 7.21. The second kappa shape index (κ2) is 4.44. The van der Waals surface area contributed by atoms with Crippen LogP contribution in [0.4, 0.5) is 5.69 Å². The molecule has 1 aliphatic heterocycles. The summed E-state index contributed by atoms with van der Waals surface area (Å²) in [5.41, 5.74) is 0.452. The number of nitrogens with one attached hydrogen (secondary N) is 2. The summed E-state index contributed by atoms with van der Waals surface area (Å²) in [7, 11) is 0. The van der Waals surface area contributed by atoms with Crippen LogP contribution in [0, 0.1) is 5.41 Å². The third kappa shape index (κ3) is 2.36. The first kappa shape index (κ1) is 11.4. The molecule has 1 heterocycles. The molecule has 1 fully saturated rings. The Morgan fingerprint density at radius 3 is 3.00 bits per heavy atom. The Morgan fingerprint density at radius 1 is 1.56 bits per heavy atom. The second-order valence-corrected chi connectivity index (χ2v) is 4.89. The van der Waals surface area contributed by atoms with Crippen molar-refractivity contribution in [1.82, 2.24) is 5.32 Å². The van der Waals surface area contributed by atoms with Crippen LogP contribution in [-0.4, -0.2) is 19.0 Å². The van der Waals surface area contributed by atoms with E-state index in [9.17, 15) is 4.79 Å². The predicted octanol–water partition coefficient (Wildman–Crippen LogP) is 2.28.